The van der Waals surface area contributed by atoms with Crippen molar-refractivity contribution >= 4 is 23.6 Å². The van der Waals surface area contributed by atoms with Crippen LogP contribution >= 0.6 is 11.8 Å². The van der Waals surface area contributed by atoms with Gasteiger partial charge in [0.2, 0.25) is 0 Å². The number of amides is 1. The summed E-state index contributed by atoms with van der Waals surface area (Å²) in [5.41, 5.74) is 2.49. The average Bonchev–Trinajstić information content (AvgIpc) is 2.50. The van der Waals surface area contributed by atoms with Crippen molar-refractivity contribution in [2.75, 3.05) is 26.0 Å². The van der Waals surface area contributed by atoms with Gasteiger partial charge in [-0.05, 0) is 44.0 Å². The quantitative estimate of drug-likeness (QED) is 0.425. The molecule has 0 fully saturated rings. The third kappa shape index (κ3) is 7.52. The molecule has 0 saturated carbocycles. The lowest BCUT2D eigenvalue weighted by atomic mass is 10.1. The van der Waals surface area contributed by atoms with Gasteiger partial charge in [-0.25, -0.2) is 0 Å². The molecule has 0 heterocycles. The molecule has 23 heavy (non-hydrogen) atoms. The summed E-state index contributed by atoms with van der Waals surface area (Å²) in [7, 11) is 1.56. The fourth-order valence-corrected chi connectivity index (χ4v) is 2.71. The zero-order chi connectivity index (χ0) is 17.2. The van der Waals surface area contributed by atoms with Gasteiger partial charge in [0.05, 0.1) is 13.0 Å². The topological polar surface area (TPSA) is 64.6 Å². The lowest BCUT2D eigenvalue weighted by Gasteiger charge is -2.13. The minimum atomic E-state index is -0.786. The summed E-state index contributed by atoms with van der Waals surface area (Å²) in [6, 6.07) is 6.23. The lowest BCUT2D eigenvalue weighted by Crippen LogP contribution is -2.37. The van der Waals surface area contributed by atoms with Crippen molar-refractivity contribution < 1.29 is 19.1 Å². The highest BCUT2D eigenvalue weighted by molar-refractivity contribution is 7.99. The van der Waals surface area contributed by atoms with Crippen LogP contribution in [0.1, 0.15) is 24.5 Å². The molecule has 1 amide bonds. The Hall–Kier alpha value is -1.53. The molecule has 5 nitrogen and oxygen atoms in total. The molecule has 6 heteroatoms. The van der Waals surface area contributed by atoms with Gasteiger partial charge in [0.1, 0.15) is 0 Å². The standard InChI is InChI=1S/C17H25NO4S/c1-12-5-6-15(11-13(12)2)23-10-7-16(19)22-14(3)17(20)18-8-9-21-4/h5-6,11,14H,7-10H2,1-4H3,(H,18,20)/t14-/m0/s1. The minimum Gasteiger partial charge on any atom is -0.453 e. The fourth-order valence-electron chi connectivity index (χ4n) is 1.79. The Morgan fingerprint density at radius 1 is 1.26 bits per heavy atom. The average molecular weight is 339 g/mol. The summed E-state index contributed by atoms with van der Waals surface area (Å²) in [5.74, 6) is -0.0489. The maximum absolute atomic E-state index is 11.8. The van der Waals surface area contributed by atoms with Crippen molar-refractivity contribution in [3.8, 4) is 0 Å². The maximum atomic E-state index is 11.8. The van der Waals surface area contributed by atoms with Crippen LogP contribution in [0.15, 0.2) is 23.1 Å². The summed E-state index contributed by atoms with van der Waals surface area (Å²) in [5, 5.41) is 2.64. The van der Waals surface area contributed by atoms with Gasteiger partial charge in [0.25, 0.3) is 5.91 Å². The highest BCUT2D eigenvalue weighted by Crippen LogP contribution is 2.21. The molecule has 1 aromatic rings. The third-order valence-electron chi connectivity index (χ3n) is 3.34. The zero-order valence-electron chi connectivity index (χ0n) is 14.2. The molecule has 1 atom stereocenters. The molecule has 1 N–H and O–H groups in total. The number of hydrogen-bond acceptors (Lipinski definition) is 5. The number of esters is 1. The molecule has 0 unspecified atom stereocenters. The van der Waals surface area contributed by atoms with Crippen molar-refractivity contribution in [1.29, 1.82) is 0 Å². The van der Waals surface area contributed by atoms with Crippen LogP contribution in [0.2, 0.25) is 0 Å². The van der Waals surface area contributed by atoms with Crippen molar-refractivity contribution in [2.45, 2.75) is 38.2 Å². The van der Waals surface area contributed by atoms with Gasteiger partial charge >= 0.3 is 5.97 Å². The van der Waals surface area contributed by atoms with Crippen LogP contribution in [-0.2, 0) is 19.1 Å². The summed E-state index contributed by atoms with van der Waals surface area (Å²) >= 11 is 1.61. The number of rotatable bonds is 9. The summed E-state index contributed by atoms with van der Waals surface area (Å²) in [6.45, 7) is 6.53. The van der Waals surface area contributed by atoms with E-state index in [4.69, 9.17) is 9.47 Å². The van der Waals surface area contributed by atoms with Gasteiger partial charge in [0, 0.05) is 24.3 Å². The minimum absolute atomic E-state index is 0.271. The second kappa shape index (κ2) is 10.3. The molecule has 0 saturated heterocycles. The molecular weight excluding hydrogens is 314 g/mol. The number of methoxy groups -OCH3 is 1. The van der Waals surface area contributed by atoms with Crippen LogP contribution in [0.25, 0.3) is 0 Å². The van der Waals surface area contributed by atoms with Gasteiger partial charge in [0.15, 0.2) is 6.10 Å². The van der Waals surface area contributed by atoms with Gasteiger partial charge in [-0.2, -0.15) is 0 Å². The van der Waals surface area contributed by atoms with E-state index in [2.05, 4.69) is 31.3 Å². The van der Waals surface area contributed by atoms with E-state index in [-0.39, 0.29) is 18.3 Å². The second-order valence-electron chi connectivity index (χ2n) is 5.26. The molecule has 0 radical (unpaired) electrons. The molecule has 0 aliphatic carbocycles. The van der Waals surface area contributed by atoms with E-state index < -0.39 is 6.10 Å². The van der Waals surface area contributed by atoms with E-state index in [9.17, 15) is 9.59 Å². The third-order valence-corrected chi connectivity index (χ3v) is 4.33. The number of hydrogen-bond donors (Lipinski definition) is 1. The van der Waals surface area contributed by atoms with Gasteiger partial charge < -0.3 is 14.8 Å². The number of carbonyl (C=O) groups is 2. The molecule has 0 bridgehead atoms. The molecule has 1 rings (SSSR count). The second-order valence-corrected chi connectivity index (χ2v) is 6.43. The first-order valence-corrected chi connectivity index (χ1v) is 8.58. The Kier molecular flexibility index (Phi) is 8.73. The lowest BCUT2D eigenvalue weighted by molar-refractivity contribution is -0.154. The van der Waals surface area contributed by atoms with E-state index >= 15 is 0 Å². The predicted octanol–water partition coefficient (Wildman–Crippen LogP) is 2.48. The van der Waals surface area contributed by atoms with Gasteiger partial charge in [-0.3, -0.25) is 9.59 Å². The van der Waals surface area contributed by atoms with Crippen molar-refractivity contribution in [3.05, 3.63) is 29.3 Å². The number of nitrogens with one attached hydrogen (secondary N) is 1. The highest BCUT2D eigenvalue weighted by atomic mass is 32.2. The Bertz CT molecular complexity index is 533. The number of benzene rings is 1. The number of thioether (sulfide) groups is 1. The molecule has 1 aromatic carbocycles. The van der Waals surface area contributed by atoms with E-state index in [1.807, 2.05) is 6.07 Å². The molecule has 128 valence electrons. The monoisotopic (exact) mass is 339 g/mol. The van der Waals surface area contributed by atoms with Crippen LogP contribution < -0.4 is 5.32 Å². The summed E-state index contributed by atoms with van der Waals surface area (Å²) < 4.78 is 9.96. The number of ether oxygens (including phenoxy) is 2. The molecular formula is C17H25NO4S. The van der Waals surface area contributed by atoms with E-state index in [0.29, 0.717) is 18.9 Å². The van der Waals surface area contributed by atoms with Crippen LogP contribution in [0.5, 0.6) is 0 Å². The van der Waals surface area contributed by atoms with Crippen LogP contribution in [-0.4, -0.2) is 44.0 Å². The first-order chi connectivity index (χ1) is 10.9. The summed E-state index contributed by atoms with van der Waals surface area (Å²) in [6.07, 6.45) is -0.515. The molecule has 0 aromatic heterocycles. The molecule has 0 spiro atoms. The van der Waals surface area contributed by atoms with Gasteiger partial charge in [-0.1, -0.05) is 6.07 Å². The van der Waals surface area contributed by atoms with Crippen LogP contribution in [0.3, 0.4) is 0 Å². The number of aryl methyl sites for hydroxylation is 2. The van der Waals surface area contributed by atoms with Gasteiger partial charge in [-0.15, -0.1) is 11.8 Å². The normalized spacial score (nSPS) is 11.8. The first-order valence-electron chi connectivity index (χ1n) is 7.60. The molecule has 0 aliphatic rings. The first kappa shape index (κ1) is 19.5. The fraction of sp³-hybridized carbons (Fsp3) is 0.529. The van der Waals surface area contributed by atoms with Crippen molar-refractivity contribution in [1.82, 2.24) is 5.32 Å². The van der Waals surface area contributed by atoms with E-state index in [0.717, 1.165) is 4.90 Å². The highest BCUT2D eigenvalue weighted by Gasteiger charge is 2.17. The maximum Gasteiger partial charge on any atom is 0.307 e. The Morgan fingerprint density at radius 2 is 2.00 bits per heavy atom. The Balaban J connectivity index is 2.28. The molecule has 0 aliphatic heterocycles. The van der Waals surface area contributed by atoms with E-state index in [1.165, 1.54) is 11.1 Å². The number of carbonyl (C=O) groups excluding carboxylic acids is 2. The summed E-state index contributed by atoms with van der Waals surface area (Å²) in [4.78, 5) is 24.6. The van der Waals surface area contributed by atoms with Crippen molar-refractivity contribution in [3.63, 3.8) is 0 Å². The SMILES string of the molecule is COCCNC(=O)[C@H](C)OC(=O)CCSc1ccc(C)c(C)c1. The predicted molar refractivity (Wildman–Crippen MR) is 91.7 cm³/mol. The smallest absolute Gasteiger partial charge is 0.307 e. The van der Waals surface area contributed by atoms with Crippen LogP contribution in [0, 0.1) is 13.8 Å². The zero-order valence-corrected chi connectivity index (χ0v) is 15.0. The Labute approximate surface area is 142 Å². The van der Waals surface area contributed by atoms with Crippen molar-refractivity contribution in [2.24, 2.45) is 0 Å². The largest absolute Gasteiger partial charge is 0.453 e. The van der Waals surface area contributed by atoms with E-state index in [1.54, 1.807) is 25.8 Å². The Morgan fingerprint density at radius 3 is 2.65 bits per heavy atom. The van der Waals surface area contributed by atoms with Crippen LogP contribution in [0.4, 0.5) is 0 Å².